The first-order chi connectivity index (χ1) is 13.3. The molecule has 0 atom stereocenters. The predicted molar refractivity (Wildman–Crippen MR) is 113 cm³/mol. The summed E-state index contributed by atoms with van der Waals surface area (Å²) < 4.78 is 23.1. The van der Waals surface area contributed by atoms with Gasteiger partial charge in [0.25, 0.3) is 0 Å². The molecule has 0 amide bonds. The minimum atomic E-state index is -3.16. The number of rotatable bonds is 7. The van der Waals surface area contributed by atoms with Gasteiger partial charge in [-0.1, -0.05) is 25.1 Å². The monoisotopic (exact) mass is 401 g/mol. The van der Waals surface area contributed by atoms with Gasteiger partial charge in [-0.3, -0.25) is 4.90 Å². The molecule has 1 aliphatic rings. The molecule has 2 heterocycles. The second kappa shape index (κ2) is 8.70. The zero-order valence-corrected chi connectivity index (χ0v) is 17.2. The molecule has 0 saturated carbocycles. The van der Waals surface area contributed by atoms with Crippen molar-refractivity contribution in [2.75, 3.05) is 43.5 Å². The van der Waals surface area contributed by atoms with Gasteiger partial charge in [-0.15, -0.1) is 0 Å². The van der Waals surface area contributed by atoms with Gasteiger partial charge >= 0.3 is 0 Å². The topological polar surface area (TPSA) is 101 Å². The minimum Gasteiger partial charge on any atom is -0.370 e. The number of likely N-dealkylation sites (N-methyl/N-ethyl adjacent to an activating group) is 1. The lowest BCUT2D eigenvalue weighted by atomic mass is 10.0. The highest BCUT2D eigenvalue weighted by molar-refractivity contribution is 7.90. The number of nitrogens with one attached hydrogen (secondary N) is 1. The van der Waals surface area contributed by atoms with Crippen LogP contribution in [-0.4, -0.2) is 55.7 Å². The van der Waals surface area contributed by atoms with E-state index < -0.39 is 9.84 Å². The molecular formula is C20H27N5O2S. The number of nitrogens with zero attached hydrogens (tertiary/aromatic N) is 3. The van der Waals surface area contributed by atoms with E-state index in [9.17, 15) is 8.42 Å². The molecule has 2 aromatic rings. The molecule has 0 unspecified atom stereocenters. The molecule has 0 radical (unpaired) electrons. The van der Waals surface area contributed by atoms with Crippen molar-refractivity contribution >= 4 is 27.2 Å². The van der Waals surface area contributed by atoms with Gasteiger partial charge in [0, 0.05) is 32.0 Å². The van der Waals surface area contributed by atoms with Crippen molar-refractivity contribution in [2.45, 2.75) is 24.7 Å². The molecule has 3 rings (SSSR count). The summed E-state index contributed by atoms with van der Waals surface area (Å²) in [6, 6.07) is 8.89. The summed E-state index contributed by atoms with van der Waals surface area (Å²) in [6.07, 6.45) is 5.12. The molecule has 0 spiro atoms. The van der Waals surface area contributed by atoms with Crippen LogP contribution in [0.15, 0.2) is 41.3 Å². The Hall–Kier alpha value is -2.45. The quantitative estimate of drug-likeness (QED) is 0.733. The number of sulfone groups is 1. The Balaban J connectivity index is 1.62. The first kappa shape index (κ1) is 20.3. The van der Waals surface area contributed by atoms with Gasteiger partial charge in [0.15, 0.2) is 9.84 Å². The van der Waals surface area contributed by atoms with E-state index in [1.54, 1.807) is 12.1 Å². The molecule has 28 heavy (non-hydrogen) atoms. The fraction of sp³-hybridized carbons (Fsp3) is 0.400. The molecule has 8 heteroatoms. The normalized spacial score (nSPS) is 15.3. The van der Waals surface area contributed by atoms with Crippen molar-refractivity contribution < 1.29 is 8.42 Å². The Morgan fingerprint density at radius 1 is 1.21 bits per heavy atom. The number of anilines is 2. The summed E-state index contributed by atoms with van der Waals surface area (Å²) in [6.45, 7) is 5.84. The Morgan fingerprint density at radius 3 is 2.57 bits per heavy atom. The van der Waals surface area contributed by atoms with Crippen LogP contribution in [0.25, 0.3) is 5.57 Å². The molecule has 0 bridgehead atoms. The number of nitrogen functional groups attached to an aromatic ring is 1. The Morgan fingerprint density at radius 2 is 1.96 bits per heavy atom. The zero-order valence-electron chi connectivity index (χ0n) is 16.4. The summed E-state index contributed by atoms with van der Waals surface area (Å²) in [5.74, 6) is 0.963. The number of hydrogen-bond acceptors (Lipinski definition) is 7. The molecule has 0 saturated heterocycles. The van der Waals surface area contributed by atoms with Gasteiger partial charge in [0.05, 0.1) is 10.6 Å². The zero-order chi connectivity index (χ0) is 20.1. The Kier molecular flexibility index (Phi) is 6.31. The average Bonchev–Trinajstić information content (AvgIpc) is 2.67. The molecule has 1 aromatic carbocycles. The van der Waals surface area contributed by atoms with Gasteiger partial charge < -0.3 is 11.1 Å². The van der Waals surface area contributed by atoms with E-state index in [1.165, 1.54) is 11.8 Å². The van der Waals surface area contributed by atoms with Crippen molar-refractivity contribution in [3.8, 4) is 0 Å². The van der Waals surface area contributed by atoms with Crippen LogP contribution in [0.3, 0.4) is 0 Å². The smallest absolute Gasteiger partial charge is 0.222 e. The number of hydrogen-bond donors (Lipinski definition) is 2. The Bertz CT molecular complexity index is 955. The van der Waals surface area contributed by atoms with Crippen molar-refractivity contribution in [3.05, 3.63) is 47.7 Å². The van der Waals surface area contributed by atoms with E-state index in [1.807, 2.05) is 18.2 Å². The number of aromatic nitrogens is 2. The summed E-state index contributed by atoms with van der Waals surface area (Å²) in [5, 5.41) is 3.29. The molecule has 7 nitrogen and oxygen atoms in total. The second-order valence-electron chi connectivity index (χ2n) is 6.96. The summed E-state index contributed by atoms with van der Waals surface area (Å²) >= 11 is 0. The highest BCUT2D eigenvalue weighted by Gasteiger charge is 2.14. The van der Waals surface area contributed by atoms with E-state index in [2.05, 4.69) is 33.2 Å². The molecule has 150 valence electrons. The number of nitrogens with two attached hydrogens (primary N) is 1. The maximum atomic E-state index is 11.5. The van der Waals surface area contributed by atoms with E-state index in [-0.39, 0.29) is 5.95 Å². The lowest BCUT2D eigenvalue weighted by Gasteiger charge is -2.24. The van der Waals surface area contributed by atoms with Gasteiger partial charge in [-0.05, 0) is 42.7 Å². The van der Waals surface area contributed by atoms with Crippen molar-refractivity contribution in [3.63, 3.8) is 0 Å². The predicted octanol–water partition coefficient (Wildman–Crippen LogP) is 2.23. The van der Waals surface area contributed by atoms with E-state index in [4.69, 9.17) is 5.73 Å². The summed E-state index contributed by atoms with van der Waals surface area (Å²) in [4.78, 5) is 11.4. The molecule has 1 aromatic heterocycles. The van der Waals surface area contributed by atoms with Gasteiger partial charge in [-0.2, -0.15) is 4.98 Å². The molecule has 1 aliphatic heterocycles. The molecule has 3 N–H and O–H groups in total. The minimum absolute atomic E-state index is 0.260. The standard InChI is InChI=1S/C20H27N5O2S/c1-3-25-12-9-16(10-13-25)18-14-19(24-20(21)23-18)22-11-8-15-4-6-17(7-5-15)28(2,26)27/h4-7,9,14H,3,8,10-13H2,1-2H3,(H3,21,22,23,24). The maximum Gasteiger partial charge on any atom is 0.222 e. The van der Waals surface area contributed by atoms with E-state index in [0.717, 1.165) is 43.7 Å². The maximum absolute atomic E-state index is 11.5. The fourth-order valence-corrected chi connectivity index (χ4v) is 3.82. The van der Waals surface area contributed by atoms with E-state index in [0.29, 0.717) is 17.3 Å². The van der Waals surface area contributed by atoms with Crippen LogP contribution in [0, 0.1) is 0 Å². The highest BCUT2D eigenvalue weighted by atomic mass is 32.2. The van der Waals surface area contributed by atoms with Crippen LogP contribution in [0.4, 0.5) is 11.8 Å². The van der Waals surface area contributed by atoms with Gasteiger partial charge in [0.1, 0.15) is 5.82 Å². The van der Waals surface area contributed by atoms with E-state index >= 15 is 0 Å². The first-order valence-corrected chi connectivity index (χ1v) is 11.3. The lowest BCUT2D eigenvalue weighted by Crippen LogP contribution is -2.28. The first-order valence-electron chi connectivity index (χ1n) is 9.44. The lowest BCUT2D eigenvalue weighted by molar-refractivity contribution is 0.318. The van der Waals surface area contributed by atoms with Crippen molar-refractivity contribution in [1.29, 1.82) is 0 Å². The second-order valence-corrected chi connectivity index (χ2v) is 8.98. The van der Waals surface area contributed by atoms with Crippen LogP contribution in [0.2, 0.25) is 0 Å². The molecule has 0 fully saturated rings. The van der Waals surface area contributed by atoms with Crippen LogP contribution in [0.1, 0.15) is 24.6 Å². The van der Waals surface area contributed by atoms with Crippen LogP contribution in [-0.2, 0) is 16.3 Å². The number of benzene rings is 1. The third-order valence-electron chi connectivity index (χ3n) is 4.88. The van der Waals surface area contributed by atoms with Crippen molar-refractivity contribution in [2.24, 2.45) is 0 Å². The van der Waals surface area contributed by atoms with Gasteiger partial charge in [0.2, 0.25) is 5.95 Å². The highest BCUT2D eigenvalue weighted by Crippen LogP contribution is 2.23. The third-order valence-corrected chi connectivity index (χ3v) is 6.01. The van der Waals surface area contributed by atoms with Crippen molar-refractivity contribution in [1.82, 2.24) is 14.9 Å². The average molecular weight is 402 g/mol. The van der Waals surface area contributed by atoms with Crippen LogP contribution in [0.5, 0.6) is 0 Å². The van der Waals surface area contributed by atoms with Crippen LogP contribution >= 0.6 is 0 Å². The fourth-order valence-electron chi connectivity index (χ4n) is 3.19. The van der Waals surface area contributed by atoms with Gasteiger partial charge in [-0.25, -0.2) is 13.4 Å². The summed E-state index contributed by atoms with van der Waals surface area (Å²) in [5.41, 5.74) is 9.04. The largest absolute Gasteiger partial charge is 0.370 e. The third kappa shape index (κ3) is 5.30. The Labute approximate surface area is 166 Å². The molecule has 0 aliphatic carbocycles. The molecular weight excluding hydrogens is 374 g/mol. The SMILES string of the molecule is CCN1CC=C(c2cc(NCCc3ccc(S(C)(=O)=O)cc3)nc(N)n2)CC1. The van der Waals surface area contributed by atoms with Crippen LogP contribution < -0.4 is 11.1 Å². The summed E-state index contributed by atoms with van der Waals surface area (Å²) in [7, 11) is -3.16.